The lowest BCUT2D eigenvalue weighted by molar-refractivity contribution is 0.162. The van der Waals surface area contributed by atoms with E-state index >= 15 is 0 Å². The average molecular weight is 113 g/mol. The van der Waals surface area contributed by atoms with Gasteiger partial charge in [-0.25, -0.2) is 0 Å². The monoisotopic (exact) mass is 113 g/mol. The molecule has 0 aliphatic carbocycles. The number of rotatable bonds is 1. The van der Waals surface area contributed by atoms with Crippen LogP contribution in [0.5, 0.6) is 0 Å². The van der Waals surface area contributed by atoms with Crippen LogP contribution in [0.25, 0.3) is 0 Å². The summed E-state index contributed by atoms with van der Waals surface area (Å²) in [5.41, 5.74) is 0.486. The molecule has 0 radical (unpaired) electrons. The van der Waals surface area contributed by atoms with Crippen molar-refractivity contribution in [3.63, 3.8) is 0 Å². The van der Waals surface area contributed by atoms with Crippen LogP contribution in [0.15, 0.2) is 0 Å². The van der Waals surface area contributed by atoms with Crippen LogP contribution in [0, 0.1) is 0 Å². The molecule has 0 aromatic rings. The Kier molecular flexibility index (Phi) is 1.31. The van der Waals surface area contributed by atoms with Crippen LogP contribution >= 0.6 is 0 Å². The van der Waals surface area contributed by atoms with Crippen molar-refractivity contribution in [1.82, 2.24) is 5.32 Å². The predicted molar refractivity (Wildman–Crippen MR) is 35.9 cm³/mol. The summed E-state index contributed by atoms with van der Waals surface area (Å²) in [6.07, 6.45) is 2.61. The van der Waals surface area contributed by atoms with Gasteiger partial charge in [-0.05, 0) is 26.7 Å². The third-order valence-electron chi connectivity index (χ3n) is 2.13. The summed E-state index contributed by atoms with van der Waals surface area (Å²) < 4.78 is 0. The van der Waals surface area contributed by atoms with Crippen LogP contribution in [-0.2, 0) is 0 Å². The van der Waals surface area contributed by atoms with Crippen molar-refractivity contribution in [2.24, 2.45) is 0 Å². The normalized spacial score (nSPS) is 46.1. The Morgan fingerprint density at radius 2 is 2.25 bits per heavy atom. The van der Waals surface area contributed by atoms with E-state index in [4.69, 9.17) is 0 Å². The van der Waals surface area contributed by atoms with Crippen molar-refractivity contribution in [1.29, 1.82) is 0 Å². The first-order valence-corrected chi connectivity index (χ1v) is 3.44. The highest BCUT2D eigenvalue weighted by Gasteiger charge is 2.34. The zero-order valence-electron chi connectivity index (χ0n) is 5.99. The molecule has 0 aromatic carbocycles. The van der Waals surface area contributed by atoms with E-state index in [-0.39, 0.29) is 0 Å². The maximum absolute atomic E-state index is 3.47. The van der Waals surface area contributed by atoms with Gasteiger partial charge in [0.15, 0.2) is 0 Å². The van der Waals surface area contributed by atoms with Crippen molar-refractivity contribution in [3.8, 4) is 0 Å². The van der Waals surface area contributed by atoms with Crippen LogP contribution in [-0.4, -0.2) is 11.6 Å². The van der Waals surface area contributed by atoms with Gasteiger partial charge in [-0.3, -0.25) is 0 Å². The van der Waals surface area contributed by atoms with E-state index in [9.17, 15) is 0 Å². The Balaban J connectivity index is 2.30. The van der Waals surface area contributed by atoms with Gasteiger partial charge in [0.25, 0.3) is 0 Å². The predicted octanol–water partition coefficient (Wildman–Crippen LogP) is 1.54. The highest BCUT2D eigenvalue weighted by Crippen LogP contribution is 2.26. The second-order valence-corrected chi connectivity index (χ2v) is 3.16. The highest BCUT2D eigenvalue weighted by molar-refractivity contribution is 4.96. The van der Waals surface area contributed by atoms with E-state index < -0.39 is 0 Å². The lowest BCUT2D eigenvalue weighted by atomic mass is 9.82. The van der Waals surface area contributed by atoms with Gasteiger partial charge in [-0.2, -0.15) is 0 Å². The van der Waals surface area contributed by atoms with Crippen molar-refractivity contribution in [2.75, 3.05) is 0 Å². The Morgan fingerprint density at radius 3 is 2.38 bits per heavy atom. The minimum atomic E-state index is 0.486. The Hall–Kier alpha value is -0.0400. The molecule has 0 bridgehead atoms. The molecule has 0 saturated carbocycles. The third kappa shape index (κ3) is 0.873. The lowest BCUT2D eigenvalue weighted by Gasteiger charge is -2.45. The fourth-order valence-corrected chi connectivity index (χ4v) is 1.50. The second kappa shape index (κ2) is 1.73. The molecular weight excluding hydrogens is 98.1 g/mol. The number of hydrogen-bond acceptors (Lipinski definition) is 1. The van der Waals surface area contributed by atoms with Gasteiger partial charge in [0.1, 0.15) is 0 Å². The van der Waals surface area contributed by atoms with Crippen LogP contribution in [0.1, 0.15) is 33.6 Å². The number of nitrogens with one attached hydrogen (secondary N) is 1. The largest absolute Gasteiger partial charge is 0.309 e. The van der Waals surface area contributed by atoms with E-state index in [2.05, 4.69) is 26.1 Å². The van der Waals surface area contributed by atoms with Gasteiger partial charge < -0.3 is 5.32 Å². The zero-order valence-corrected chi connectivity index (χ0v) is 5.99. The summed E-state index contributed by atoms with van der Waals surface area (Å²) >= 11 is 0. The molecule has 2 unspecified atom stereocenters. The van der Waals surface area contributed by atoms with Gasteiger partial charge in [-0.15, -0.1) is 0 Å². The van der Waals surface area contributed by atoms with E-state index in [0.29, 0.717) is 5.54 Å². The molecule has 48 valence electrons. The molecule has 8 heavy (non-hydrogen) atoms. The van der Waals surface area contributed by atoms with Gasteiger partial charge >= 0.3 is 0 Å². The summed E-state index contributed by atoms with van der Waals surface area (Å²) in [6, 6.07) is 0.764. The van der Waals surface area contributed by atoms with Gasteiger partial charge in [-0.1, -0.05) is 6.92 Å². The molecule has 1 nitrogen and oxygen atoms in total. The van der Waals surface area contributed by atoms with Gasteiger partial charge in [0, 0.05) is 11.6 Å². The molecular formula is C7H15N. The van der Waals surface area contributed by atoms with Crippen molar-refractivity contribution >= 4 is 0 Å². The first-order valence-electron chi connectivity index (χ1n) is 3.44. The third-order valence-corrected chi connectivity index (χ3v) is 2.13. The molecule has 1 aliphatic heterocycles. The topological polar surface area (TPSA) is 12.0 Å². The van der Waals surface area contributed by atoms with Crippen LogP contribution in [0.2, 0.25) is 0 Å². The molecule has 0 aromatic heterocycles. The summed E-state index contributed by atoms with van der Waals surface area (Å²) in [4.78, 5) is 0. The molecule has 2 atom stereocenters. The summed E-state index contributed by atoms with van der Waals surface area (Å²) in [5, 5.41) is 3.47. The Bertz CT molecular complexity index is 82.4. The molecule has 0 spiro atoms. The number of hydrogen-bond donors (Lipinski definition) is 1. The van der Waals surface area contributed by atoms with Crippen molar-refractivity contribution < 1.29 is 0 Å². The minimum Gasteiger partial charge on any atom is -0.309 e. The Labute approximate surface area is 51.5 Å². The second-order valence-electron chi connectivity index (χ2n) is 3.16. The first-order chi connectivity index (χ1) is 3.66. The van der Waals surface area contributed by atoms with Crippen LogP contribution in [0.4, 0.5) is 0 Å². The summed E-state index contributed by atoms with van der Waals surface area (Å²) in [7, 11) is 0. The average Bonchev–Trinajstić information content (AvgIpc) is 1.63. The SMILES string of the molecule is CCC1(C)CC(C)N1. The van der Waals surface area contributed by atoms with E-state index in [1.165, 1.54) is 12.8 Å². The van der Waals surface area contributed by atoms with Crippen LogP contribution in [0.3, 0.4) is 0 Å². The van der Waals surface area contributed by atoms with Crippen molar-refractivity contribution in [3.05, 3.63) is 0 Å². The lowest BCUT2D eigenvalue weighted by Crippen LogP contribution is -2.59. The summed E-state index contributed by atoms with van der Waals surface area (Å²) in [6.45, 7) is 6.75. The van der Waals surface area contributed by atoms with Crippen LogP contribution < -0.4 is 5.32 Å². The summed E-state index contributed by atoms with van der Waals surface area (Å²) in [5.74, 6) is 0. The first kappa shape index (κ1) is 6.09. The molecule has 1 N–H and O–H groups in total. The van der Waals surface area contributed by atoms with Gasteiger partial charge in [0.05, 0.1) is 0 Å². The fraction of sp³-hybridized carbons (Fsp3) is 1.00. The molecule has 1 aliphatic rings. The molecule has 1 heteroatoms. The Morgan fingerprint density at radius 1 is 1.75 bits per heavy atom. The molecule has 1 saturated heterocycles. The smallest absolute Gasteiger partial charge is 0.0167 e. The zero-order chi connectivity index (χ0) is 6.20. The maximum atomic E-state index is 3.47. The van der Waals surface area contributed by atoms with Crippen molar-refractivity contribution in [2.45, 2.75) is 45.2 Å². The quantitative estimate of drug-likeness (QED) is 0.544. The van der Waals surface area contributed by atoms with E-state index in [0.717, 1.165) is 6.04 Å². The highest BCUT2D eigenvalue weighted by atomic mass is 15.1. The van der Waals surface area contributed by atoms with E-state index in [1.807, 2.05) is 0 Å². The fourth-order valence-electron chi connectivity index (χ4n) is 1.50. The minimum absolute atomic E-state index is 0.486. The van der Waals surface area contributed by atoms with Gasteiger partial charge in [0.2, 0.25) is 0 Å². The van der Waals surface area contributed by atoms with E-state index in [1.54, 1.807) is 0 Å². The molecule has 0 amide bonds. The maximum Gasteiger partial charge on any atom is 0.0167 e. The molecule has 1 fully saturated rings. The standard InChI is InChI=1S/C7H15N/c1-4-7(3)5-6(2)8-7/h6,8H,4-5H2,1-3H3. The molecule has 1 heterocycles. The molecule has 1 rings (SSSR count).